The fourth-order valence-electron chi connectivity index (χ4n) is 2.07. The lowest BCUT2D eigenvalue weighted by Gasteiger charge is -2.04. The van der Waals surface area contributed by atoms with Gasteiger partial charge in [-0.15, -0.1) is 0 Å². The van der Waals surface area contributed by atoms with E-state index in [1.165, 1.54) is 48.5 Å². The number of rotatable bonds is 3. The number of aromatic hydroxyl groups is 1. The van der Waals surface area contributed by atoms with Crippen LogP contribution in [0.1, 0.15) is 15.9 Å². The van der Waals surface area contributed by atoms with E-state index in [1.807, 2.05) is 0 Å². The van der Waals surface area contributed by atoms with Gasteiger partial charge in [0.1, 0.15) is 17.2 Å². The molecule has 0 fully saturated rings. The smallest absolute Gasteiger partial charge is 0.387 e. The lowest BCUT2D eigenvalue weighted by atomic mass is 10.1. The van der Waals surface area contributed by atoms with Gasteiger partial charge in [0, 0.05) is 6.07 Å². The highest BCUT2D eigenvalue weighted by molar-refractivity contribution is 6.14. The predicted molar refractivity (Wildman–Crippen MR) is 74.1 cm³/mol. The van der Waals surface area contributed by atoms with E-state index in [1.54, 1.807) is 0 Å². The Hall–Kier alpha value is -2.89. The number of phenols is 1. The van der Waals surface area contributed by atoms with Gasteiger partial charge in [-0.05, 0) is 35.9 Å². The number of benzene rings is 2. The van der Waals surface area contributed by atoms with Gasteiger partial charge in [-0.2, -0.15) is 8.78 Å². The number of carbonyl (C=O) groups excluding carboxylic acids is 1. The van der Waals surface area contributed by atoms with Crippen LogP contribution in [0, 0.1) is 0 Å². The number of halogens is 2. The summed E-state index contributed by atoms with van der Waals surface area (Å²) in [7, 11) is 0. The summed E-state index contributed by atoms with van der Waals surface area (Å²) in [6.45, 7) is -2.88. The number of fused-ring (bicyclic) bond motifs is 1. The average molecular weight is 304 g/mol. The number of ketones is 1. The highest BCUT2D eigenvalue weighted by atomic mass is 19.3. The maximum absolute atomic E-state index is 12.1. The van der Waals surface area contributed by atoms with Crippen LogP contribution < -0.4 is 9.47 Å². The first kappa shape index (κ1) is 14.1. The summed E-state index contributed by atoms with van der Waals surface area (Å²) in [6.07, 6.45) is 1.49. The van der Waals surface area contributed by atoms with Crippen LogP contribution in [0.4, 0.5) is 8.78 Å². The fraction of sp³-hybridized carbons (Fsp3) is 0.0625. The molecule has 0 aliphatic carbocycles. The van der Waals surface area contributed by atoms with E-state index in [2.05, 4.69) is 4.74 Å². The van der Waals surface area contributed by atoms with Crippen LogP contribution in [0.5, 0.6) is 17.2 Å². The molecule has 1 aliphatic rings. The zero-order valence-corrected chi connectivity index (χ0v) is 11.1. The number of carbonyl (C=O) groups is 1. The number of ether oxygens (including phenoxy) is 2. The quantitative estimate of drug-likeness (QED) is 0.880. The van der Waals surface area contributed by atoms with Gasteiger partial charge < -0.3 is 14.6 Å². The van der Waals surface area contributed by atoms with Gasteiger partial charge in [-0.25, -0.2) is 0 Å². The second-order valence-corrected chi connectivity index (χ2v) is 4.57. The van der Waals surface area contributed by atoms with Gasteiger partial charge in [0.05, 0.1) is 5.56 Å². The molecule has 0 atom stereocenters. The third-order valence-corrected chi connectivity index (χ3v) is 3.06. The van der Waals surface area contributed by atoms with Crippen LogP contribution >= 0.6 is 0 Å². The van der Waals surface area contributed by atoms with Crippen LogP contribution in [-0.2, 0) is 0 Å². The van der Waals surface area contributed by atoms with E-state index in [9.17, 15) is 18.7 Å². The van der Waals surface area contributed by atoms with Crippen molar-refractivity contribution in [1.29, 1.82) is 0 Å². The van der Waals surface area contributed by atoms with Crippen molar-refractivity contribution in [3.8, 4) is 17.2 Å². The first-order valence-electron chi connectivity index (χ1n) is 6.35. The van der Waals surface area contributed by atoms with Gasteiger partial charge >= 0.3 is 6.61 Å². The summed E-state index contributed by atoms with van der Waals surface area (Å²) < 4.78 is 33.8. The zero-order valence-electron chi connectivity index (χ0n) is 11.1. The Morgan fingerprint density at radius 3 is 2.55 bits per heavy atom. The van der Waals surface area contributed by atoms with Crippen LogP contribution in [-0.4, -0.2) is 17.5 Å². The van der Waals surface area contributed by atoms with Gasteiger partial charge in [0.25, 0.3) is 0 Å². The highest BCUT2D eigenvalue weighted by Crippen LogP contribution is 2.34. The molecule has 1 heterocycles. The Balaban J connectivity index is 1.83. The lowest BCUT2D eigenvalue weighted by Crippen LogP contribution is -2.01. The van der Waals surface area contributed by atoms with Crippen LogP contribution in [0.3, 0.4) is 0 Å². The summed E-state index contributed by atoms with van der Waals surface area (Å²) in [5.41, 5.74) is 0.962. The Bertz CT molecular complexity index is 751. The Morgan fingerprint density at radius 1 is 1.14 bits per heavy atom. The molecule has 22 heavy (non-hydrogen) atoms. The van der Waals surface area contributed by atoms with Crippen LogP contribution in [0.25, 0.3) is 6.08 Å². The van der Waals surface area contributed by atoms with Crippen molar-refractivity contribution in [3.63, 3.8) is 0 Å². The second kappa shape index (κ2) is 5.48. The van der Waals surface area contributed by atoms with Gasteiger partial charge in [0.15, 0.2) is 5.76 Å². The lowest BCUT2D eigenvalue weighted by molar-refractivity contribution is -0.0498. The maximum Gasteiger partial charge on any atom is 0.387 e. The van der Waals surface area contributed by atoms with E-state index >= 15 is 0 Å². The van der Waals surface area contributed by atoms with E-state index in [4.69, 9.17) is 4.74 Å². The first-order valence-corrected chi connectivity index (χ1v) is 6.35. The summed E-state index contributed by atoms with van der Waals surface area (Å²) in [5.74, 6) is 0.116. The van der Waals surface area contributed by atoms with Crippen LogP contribution in [0.15, 0.2) is 48.2 Å². The zero-order chi connectivity index (χ0) is 15.7. The molecule has 0 radical (unpaired) electrons. The second-order valence-electron chi connectivity index (χ2n) is 4.57. The SMILES string of the molecule is O=C1/C(=C\c2ccc(OC(F)F)cc2)Oc2cc(O)ccc21. The molecular formula is C16H10F2O4. The van der Waals surface area contributed by atoms with Gasteiger partial charge in [0.2, 0.25) is 5.78 Å². The Morgan fingerprint density at radius 2 is 1.86 bits per heavy atom. The van der Waals surface area contributed by atoms with E-state index in [-0.39, 0.29) is 28.8 Å². The predicted octanol–water partition coefficient (Wildman–Crippen LogP) is 3.61. The van der Waals surface area contributed by atoms with E-state index in [0.717, 1.165) is 0 Å². The monoisotopic (exact) mass is 304 g/mol. The summed E-state index contributed by atoms with van der Waals surface area (Å²) >= 11 is 0. The minimum atomic E-state index is -2.88. The molecule has 0 aromatic heterocycles. The number of Topliss-reactive ketones (excluding diaryl/α,β-unsaturated/α-hetero) is 1. The van der Waals surface area contributed by atoms with Crippen LogP contribution in [0.2, 0.25) is 0 Å². The van der Waals surface area contributed by atoms with E-state index < -0.39 is 6.61 Å². The van der Waals surface area contributed by atoms with Crippen molar-refractivity contribution in [2.24, 2.45) is 0 Å². The third kappa shape index (κ3) is 2.76. The van der Waals surface area contributed by atoms with Crippen molar-refractivity contribution >= 4 is 11.9 Å². The molecule has 0 saturated carbocycles. The molecule has 3 rings (SSSR count). The first-order chi connectivity index (χ1) is 10.5. The minimum absolute atomic E-state index is 0.00120. The molecule has 0 bridgehead atoms. The molecule has 112 valence electrons. The minimum Gasteiger partial charge on any atom is -0.508 e. The Labute approximate surface area is 124 Å². The number of alkyl halides is 2. The molecule has 1 aliphatic heterocycles. The fourth-order valence-corrected chi connectivity index (χ4v) is 2.07. The molecule has 0 spiro atoms. The molecule has 0 amide bonds. The van der Waals surface area contributed by atoms with Crippen molar-refractivity contribution in [2.45, 2.75) is 6.61 Å². The topological polar surface area (TPSA) is 55.8 Å². The number of hydrogen-bond donors (Lipinski definition) is 1. The molecule has 0 saturated heterocycles. The Kier molecular flexibility index (Phi) is 3.50. The van der Waals surface area contributed by atoms with E-state index in [0.29, 0.717) is 11.1 Å². The largest absolute Gasteiger partial charge is 0.508 e. The third-order valence-electron chi connectivity index (χ3n) is 3.06. The van der Waals surface area contributed by atoms with Gasteiger partial charge in [-0.1, -0.05) is 12.1 Å². The average Bonchev–Trinajstić information content (AvgIpc) is 2.76. The van der Waals surface area contributed by atoms with Crippen molar-refractivity contribution in [2.75, 3.05) is 0 Å². The summed E-state index contributed by atoms with van der Waals surface area (Å²) in [4.78, 5) is 12.1. The molecule has 2 aromatic rings. The molecule has 6 heteroatoms. The number of phenolic OH excluding ortho intramolecular Hbond substituents is 1. The number of hydrogen-bond acceptors (Lipinski definition) is 4. The van der Waals surface area contributed by atoms with Crippen molar-refractivity contribution in [1.82, 2.24) is 0 Å². The molecule has 0 unspecified atom stereocenters. The maximum atomic E-state index is 12.1. The molecule has 2 aromatic carbocycles. The molecule has 1 N–H and O–H groups in total. The molecule has 4 nitrogen and oxygen atoms in total. The van der Waals surface area contributed by atoms with Gasteiger partial charge in [-0.3, -0.25) is 4.79 Å². The molecular weight excluding hydrogens is 294 g/mol. The van der Waals surface area contributed by atoms with Crippen molar-refractivity contribution in [3.05, 3.63) is 59.4 Å². The van der Waals surface area contributed by atoms with Crippen molar-refractivity contribution < 1.29 is 28.2 Å². The highest BCUT2D eigenvalue weighted by Gasteiger charge is 2.27. The normalized spacial score (nSPS) is 15.0. The number of allylic oxidation sites excluding steroid dienone is 1. The summed E-state index contributed by atoms with van der Waals surface area (Å²) in [5, 5.41) is 9.38. The standard InChI is InChI=1S/C16H10F2O4/c17-16(18)21-11-4-1-9(2-5-11)7-14-15(20)12-6-3-10(19)8-13(12)22-14/h1-8,16,19H/b14-7+. The summed E-state index contributed by atoms with van der Waals surface area (Å²) in [6, 6.07) is 10.0.